The Labute approximate surface area is 169 Å². The van der Waals surface area contributed by atoms with E-state index in [-0.39, 0.29) is 24.0 Å². The first-order chi connectivity index (χ1) is 11.8. The Morgan fingerprint density at radius 1 is 1.36 bits per heavy atom. The zero-order valence-electron chi connectivity index (χ0n) is 15.4. The molecule has 1 unspecified atom stereocenters. The van der Waals surface area contributed by atoms with Crippen LogP contribution in [0.1, 0.15) is 38.4 Å². The summed E-state index contributed by atoms with van der Waals surface area (Å²) in [6.45, 7) is 10.9. The van der Waals surface area contributed by atoms with Gasteiger partial charge in [0.2, 0.25) is 0 Å². The second kappa shape index (κ2) is 13.2. The predicted octanol–water partition coefficient (Wildman–Crippen LogP) is 3.43. The molecular weight excluding hydrogens is 427 g/mol. The lowest BCUT2D eigenvalue weighted by Gasteiger charge is -2.32. The molecular formula is C19H33IN4O. The van der Waals surface area contributed by atoms with E-state index < -0.39 is 0 Å². The molecule has 0 spiro atoms. The summed E-state index contributed by atoms with van der Waals surface area (Å²) in [7, 11) is 0. The Morgan fingerprint density at radius 2 is 2.16 bits per heavy atom. The molecule has 2 heterocycles. The van der Waals surface area contributed by atoms with Gasteiger partial charge in [0.15, 0.2) is 5.96 Å². The molecule has 5 nitrogen and oxygen atoms in total. The molecule has 0 amide bonds. The van der Waals surface area contributed by atoms with Crippen LogP contribution in [-0.2, 0) is 6.42 Å². The van der Waals surface area contributed by atoms with E-state index in [2.05, 4.69) is 29.0 Å². The van der Waals surface area contributed by atoms with Gasteiger partial charge in [-0.3, -0.25) is 4.99 Å². The van der Waals surface area contributed by atoms with Gasteiger partial charge in [-0.05, 0) is 51.4 Å². The number of rotatable bonds is 9. The van der Waals surface area contributed by atoms with E-state index in [9.17, 15) is 0 Å². The summed E-state index contributed by atoms with van der Waals surface area (Å²) < 4.78 is 5.35. The van der Waals surface area contributed by atoms with Crippen molar-refractivity contribution in [3.8, 4) is 0 Å². The van der Waals surface area contributed by atoms with Gasteiger partial charge in [-0.2, -0.15) is 0 Å². The summed E-state index contributed by atoms with van der Waals surface area (Å²) >= 11 is 0. The SMILES string of the molecule is C=CCNC(=NCCC(C)N1CCCCC1)NCCc1ccco1.I. The van der Waals surface area contributed by atoms with Gasteiger partial charge in [-0.25, -0.2) is 0 Å². The second-order valence-electron chi connectivity index (χ2n) is 6.39. The first kappa shape index (κ1) is 22.0. The molecule has 0 radical (unpaired) electrons. The molecule has 2 rings (SSSR count). The van der Waals surface area contributed by atoms with Gasteiger partial charge in [0.05, 0.1) is 6.26 Å². The number of hydrogen-bond acceptors (Lipinski definition) is 3. The number of nitrogens with one attached hydrogen (secondary N) is 2. The van der Waals surface area contributed by atoms with Crippen LogP contribution in [-0.4, -0.2) is 49.6 Å². The van der Waals surface area contributed by atoms with Crippen LogP contribution in [0, 0.1) is 0 Å². The molecule has 0 aromatic carbocycles. The highest BCUT2D eigenvalue weighted by Crippen LogP contribution is 2.13. The van der Waals surface area contributed by atoms with Gasteiger partial charge in [0.1, 0.15) is 5.76 Å². The minimum Gasteiger partial charge on any atom is -0.469 e. The lowest BCUT2D eigenvalue weighted by molar-refractivity contribution is 0.168. The number of furan rings is 1. The first-order valence-corrected chi connectivity index (χ1v) is 9.19. The van der Waals surface area contributed by atoms with Crippen molar-refractivity contribution in [1.29, 1.82) is 0 Å². The van der Waals surface area contributed by atoms with Crippen molar-refractivity contribution < 1.29 is 4.42 Å². The number of halogens is 1. The average molecular weight is 460 g/mol. The maximum atomic E-state index is 5.35. The molecule has 1 aromatic heterocycles. The van der Waals surface area contributed by atoms with Crippen LogP contribution in [0.2, 0.25) is 0 Å². The molecule has 1 aromatic rings. The van der Waals surface area contributed by atoms with Gasteiger partial charge < -0.3 is 20.0 Å². The third kappa shape index (κ3) is 8.76. The summed E-state index contributed by atoms with van der Waals surface area (Å²) in [6.07, 6.45) is 9.58. The fraction of sp³-hybridized carbons (Fsp3) is 0.632. The van der Waals surface area contributed by atoms with Crippen molar-refractivity contribution >= 4 is 29.9 Å². The van der Waals surface area contributed by atoms with Gasteiger partial charge >= 0.3 is 0 Å². The first-order valence-electron chi connectivity index (χ1n) is 9.19. The number of piperidine rings is 1. The molecule has 142 valence electrons. The summed E-state index contributed by atoms with van der Waals surface area (Å²) in [4.78, 5) is 7.30. The predicted molar refractivity (Wildman–Crippen MR) is 116 cm³/mol. The minimum absolute atomic E-state index is 0. The van der Waals surface area contributed by atoms with Gasteiger partial charge in [-0.15, -0.1) is 30.6 Å². The minimum atomic E-state index is 0. The van der Waals surface area contributed by atoms with Crippen molar-refractivity contribution in [2.45, 2.75) is 45.1 Å². The van der Waals surface area contributed by atoms with E-state index in [0.717, 1.165) is 37.7 Å². The van der Waals surface area contributed by atoms with E-state index in [0.29, 0.717) is 12.6 Å². The Kier molecular flexibility index (Phi) is 11.6. The summed E-state index contributed by atoms with van der Waals surface area (Å²) in [5, 5.41) is 6.64. The van der Waals surface area contributed by atoms with Crippen molar-refractivity contribution in [2.24, 2.45) is 4.99 Å². The lowest BCUT2D eigenvalue weighted by atomic mass is 10.1. The van der Waals surface area contributed by atoms with E-state index in [1.54, 1.807) is 6.26 Å². The van der Waals surface area contributed by atoms with Crippen LogP contribution in [0.15, 0.2) is 40.5 Å². The zero-order chi connectivity index (χ0) is 17.0. The Hall–Kier alpha value is -1.02. The number of likely N-dealkylation sites (tertiary alicyclic amines) is 1. The number of hydrogen-bond donors (Lipinski definition) is 2. The zero-order valence-corrected chi connectivity index (χ0v) is 17.7. The maximum absolute atomic E-state index is 5.35. The molecule has 1 atom stereocenters. The molecule has 0 saturated carbocycles. The molecule has 1 fully saturated rings. The fourth-order valence-corrected chi connectivity index (χ4v) is 3.01. The molecule has 2 N–H and O–H groups in total. The van der Waals surface area contributed by atoms with E-state index in [4.69, 9.17) is 9.41 Å². The summed E-state index contributed by atoms with van der Waals surface area (Å²) in [5.41, 5.74) is 0. The summed E-state index contributed by atoms with van der Waals surface area (Å²) in [5.74, 6) is 1.84. The average Bonchev–Trinajstić information content (AvgIpc) is 3.13. The molecule has 0 aliphatic carbocycles. The Morgan fingerprint density at radius 3 is 2.84 bits per heavy atom. The van der Waals surface area contributed by atoms with Crippen LogP contribution in [0.4, 0.5) is 0 Å². The second-order valence-corrected chi connectivity index (χ2v) is 6.39. The normalized spacial score (nSPS) is 16.8. The Bertz CT molecular complexity index is 484. The number of aliphatic imine (C=N–C) groups is 1. The molecule has 1 aliphatic heterocycles. The smallest absolute Gasteiger partial charge is 0.191 e. The lowest BCUT2D eigenvalue weighted by Crippen LogP contribution is -2.40. The fourth-order valence-electron chi connectivity index (χ4n) is 3.01. The van der Waals surface area contributed by atoms with Gasteiger partial charge in [-0.1, -0.05) is 12.5 Å². The van der Waals surface area contributed by atoms with E-state index in [1.807, 2.05) is 18.2 Å². The molecule has 0 bridgehead atoms. The van der Waals surface area contributed by atoms with Crippen LogP contribution in [0.25, 0.3) is 0 Å². The summed E-state index contributed by atoms with van der Waals surface area (Å²) in [6, 6.07) is 4.52. The number of nitrogens with zero attached hydrogens (tertiary/aromatic N) is 2. The van der Waals surface area contributed by atoms with Gasteiger partial charge in [0, 0.05) is 32.1 Å². The van der Waals surface area contributed by atoms with E-state index in [1.165, 1.54) is 32.4 Å². The maximum Gasteiger partial charge on any atom is 0.191 e. The van der Waals surface area contributed by atoms with Crippen molar-refractivity contribution in [3.05, 3.63) is 36.8 Å². The molecule has 6 heteroatoms. The standard InChI is InChI=1S/C19H32N4O.HI/c1-3-11-20-19(22-13-10-18-8-7-16-24-18)21-12-9-17(2)23-14-5-4-6-15-23;/h3,7-8,16-17H,1,4-6,9-15H2,2H3,(H2,20,21,22);1H. The van der Waals surface area contributed by atoms with Crippen molar-refractivity contribution in [3.63, 3.8) is 0 Å². The van der Waals surface area contributed by atoms with Crippen LogP contribution in [0.3, 0.4) is 0 Å². The molecule has 1 saturated heterocycles. The highest BCUT2D eigenvalue weighted by molar-refractivity contribution is 14.0. The van der Waals surface area contributed by atoms with E-state index >= 15 is 0 Å². The third-order valence-electron chi connectivity index (χ3n) is 4.49. The number of guanidine groups is 1. The van der Waals surface area contributed by atoms with Crippen LogP contribution in [0.5, 0.6) is 0 Å². The topological polar surface area (TPSA) is 52.8 Å². The molecule has 25 heavy (non-hydrogen) atoms. The van der Waals surface area contributed by atoms with Crippen LogP contribution < -0.4 is 10.6 Å². The highest BCUT2D eigenvalue weighted by Gasteiger charge is 2.15. The van der Waals surface area contributed by atoms with Gasteiger partial charge in [0.25, 0.3) is 0 Å². The quantitative estimate of drug-likeness (QED) is 0.257. The largest absolute Gasteiger partial charge is 0.469 e. The van der Waals surface area contributed by atoms with Crippen molar-refractivity contribution in [2.75, 3.05) is 32.7 Å². The van der Waals surface area contributed by atoms with Crippen molar-refractivity contribution in [1.82, 2.24) is 15.5 Å². The molecule has 1 aliphatic rings. The third-order valence-corrected chi connectivity index (χ3v) is 4.49. The monoisotopic (exact) mass is 460 g/mol. The van der Waals surface area contributed by atoms with Crippen LogP contribution >= 0.6 is 24.0 Å². The highest BCUT2D eigenvalue weighted by atomic mass is 127. The Balaban J connectivity index is 0.00000312.